The zero-order valence-electron chi connectivity index (χ0n) is 11.4. The number of aromatic hydroxyl groups is 1. The summed E-state index contributed by atoms with van der Waals surface area (Å²) in [5, 5.41) is 12.8. The average molecular weight is 248 g/mol. The Hall–Kier alpha value is -1.06. The van der Waals surface area contributed by atoms with Gasteiger partial charge in [0.25, 0.3) is 0 Å². The van der Waals surface area contributed by atoms with Crippen LogP contribution in [-0.4, -0.2) is 36.7 Å². The molecule has 18 heavy (non-hydrogen) atoms. The van der Waals surface area contributed by atoms with E-state index in [2.05, 4.69) is 24.2 Å². The molecule has 1 saturated heterocycles. The van der Waals surface area contributed by atoms with Crippen LogP contribution in [0.25, 0.3) is 0 Å². The maximum absolute atomic E-state index is 9.32. The summed E-state index contributed by atoms with van der Waals surface area (Å²) >= 11 is 0. The number of hydrogen-bond donors (Lipinski definition) is 2. The number of benzene rings is 1. The van der Waals surface area contributed by atoms with Gasteiger partial charge in [-0.05, 0) is 63.5 Å². The molecular formula is C15H24N2O. The number of phenols is 1. The van der Waals surface area contributed by atoms with Crippen LogP contribution in [0, 0.1) is 5.92 Å². The summed E-state index contributed by atoms with van der Waals surface area (Å²) in [5.41, 5.74) is 1.26. The van der Waals surface area contributed by atoms with Crippen LogP contribution in [0.3, 0.4) is 0 Å². The van der Waals surface area contributed by atoms with Gasteiger partial charge in [0.05, 0.1) is 0 Å². The minimum Gasteiger partial charge on any atom is -0.508 e. The zero-order chi connectivity index (χ0) is 13.0. The summed E-state index contributed by atoms with van der Waals surface area (Å²) in [6.45, 7) is 5.68. The van der Waals surface area contributed by atoms with E-state index in [4.69, 9.17) is 0 Å². The lowest BCUT2D eigenvalue weighted by atomic mass is 9.98. The van der Waals surface area contributed by atoms with E-state index in [9.17, 15) is 5.11 Å². The maximum Gasteiger partial charge on any atom is 0.115 e. The number of phenolic OH excluding ortho intramolecular Hbond substituents is 1. The van der Waals surface area contributed by atoms with Gasteiger partial charge in [-0.3, -0.25) is 4.90 Å². The summed E-state index contributed by atoms with van der Waals surface area (Å²) in [6.07, 6.45) is 2.63. The molecule has 1 fully saturated rings. The molecule has 3 nitrogen and oxygen atoms in total. The van der Waals surface area contributed by atoms with Gasteiger partial charge in [-0.25, -0.2) is 0 Å². The summed E-state index contributed by atoms with van der Waals surface area (Å²) < 4.78 is 0. The standard InChI is InChI=1S/C15H24N2O/c1-12(14-5-7-15(18)8-6-14)17(2)11-13-4-3-9-16-10-13/h5-8,12-13,16,18H,3-4,9-11H2,1-2H3. The van der Waals surface area contributed by atoms with Gasteiger partial charge in [0.1, 0.15) is 5.75 Å². The van der Waals surface area contributed by atoms with E-state index in [1.165, 1.54) is 24.9 Å². The van der Waals surface area contributed by atoms with E-state index in [1.807, 2.05) is 12.1 Å². The molecule has 0 bridgehead atoms. The Morgan fingerprint density at radius 2 is 2.11 bits per heavy atom. The highest BCUT2D eigenvalue weighted by molar-refractivity contribution is 5.27. The Kier molecular flexibility index (Phi) is 4.61. The molecule has 0 aromatic heterocycles. The summed E-state index contributed by atoms with van der Waals surface area (Å²) in [6, 6.07) is 7.95. The fourth-order valence-corrected chi connectivity index (χ4v) is 2.65. The Labute approximate surface area is 110 Å². The van der Waals surface area contributed by atoms with Gasteiger partial charge in [0.2, 0.25) is 0 Å². The Morgan fingerprint density at radius 3 is 2.72 bits per heavy atom. The third-order valence-electron chi connectivity index (χ3n) is 3.98. The fourth-order valence-electron chi connectivity index (χ4n) is 2.65. The Morgan fingerprint density at radius 1 is 1.39 bits per heavy atom. The summed E-state index contributed by atoms with van der Waals surface area (Å²) in [7, 11) is 2.19. The molecule has 2 unspecified atom stereocenters. The van der Waals surface area contributed by atoms with Crippen LogP contribution in [0.1, 0.15) is 31.4 Å². The topological polar surface area (TPSA) is 35.5 Å². The average Bonchev–Trinajstić information content (AvgIpc) is 2.40. The molecular weight excluding hydrogens is 224 g/mol. The van der Waals surface area contributed by atoms with Crippen LogP contribution in [0.15, 0.2) is 24.3 Å². The highest BCUT2D eigenvalue weighted by Crippen LogP contribution is 2.23. The molecule has 2 atom stereocenters. The van der Waals surface area contributed by atoms with Crippen molar-refractivity contribution in [3.05, 3.63) is 29.8 Å². The lowest BCUT2D eigenvalue weighted by Crippen LogP contribution is -2.37. The molecule has 0 saturated carbocycles. The van der Waals surface area contributed by atoms with Crippen LogP contribution >= 0.6 is 0 Å². The van der Waals surface area contributed by atoms with E-state index in [-0.39, 0.29) is 0 Å². The Bertz CT molecular complexity index is 357. The number of hydrogen-bond acceptors (Lipinski definition) is 3. The minimum absolute atomic E-state index is 0.338. The molecule has 0 radical (unpaired) electrons. The number of nitrogens with one attached hydrogen (secondary N) is 1. The van der Waals surface area contributed by atoms with Gasteiger partial charge in [-0.1, -0.05) is 12.1 Å². The molecule has 1 aromatic rings. The van der Waals surface area contributed by atoms with Crippen LogP contribution in [-0.2, 0) is 0 Å². The van der Waals surface area contributed by atoms with E-state index in [1.54, 1.807) is 12.1 Å². The predicted molar refractivity (Wildman–Crippen MR) is 74.7 cm³/mol. The first-order chi connectivity index (χ1) is 8.66. The lowest BCUT2D eigenvalue weighted by Gasteiger charge is -2.31. The molecule has 1 heterocycles. The fraction of sp³-hybridized carbons (Fsp3) is 0.600. The first-order valence-electron chi connectivity index (χ1n) is 6.86. The molecule has 3 heteroatoms. The minimum atomic E-state index is 0.338. The summed E-state index contributed by atoms with van der Waals surface area (Å²) in [4.78, 5) is 2.41. The highest BCUT2D eigenvalue weighted by atomic mass is 16.3. The van der Waals surface area contributed by atoms with Crippen molar-refractivity contribution >= 4 is 0 Å². The van der Waals surface area contributed by atoms with Gasteiger partial charge in [0.15, 0.2) is 0 Å². The number of nitrogens with zero attached hydrogens (tertiary/aromatic N) is 1. The monoisotopic (exact) mass is 248 g/mol. The second kappa shape index (κ2) is 6.21. The van der Waals surface area contributed by atoms with Gasteiger partial charge >= 0.3 is 0 Å². The molecule has 0 aliphatic carbocycles. The van der Waals surface area contributed by atoms with Crippen molar-refractivity contribution in [3.63, 3.8) is 0 Å². The van der Waals surface area contributed by atoms with E-state index >= 15 is 0 Å². The predicted octanol–water partition coefficient (Wildman–Crippen LogP) is 2.38. The van der Waals surface area contributed by atoms with Gasteiger partial charge in [-0.15, -0.1) is 0 Å². The Balaban J connectivity index is 1.91. The van der Waals surface area contributed by atoms with Gasteiger partial charge in [0, 0.05) is 12.6 Å². The second-order valence-electron chi connectivity index (χ2n) is 5.42. The highest BCUT2D eigenvalue weighted by Gasteiger charge is 2.18. The molecule has 1 aromatic carbocycles. The maximum atomic E-state index is 9.32. The van der Waals surface area contributed by atoms with Crippen molar-refractivity contribution in [1.29, 1.82) is 0 Å². The zero-order valence-corrected chi connectivity index (χ0v) is 11.4. The van der Waals surface area contributed by atoms with Gasteiger partial charge < -0.3 is 10.4 Å². The van der Waals surface area contributed by atoms with Crippen molar-refractivity contribution in [3.8, 4) is 5.75 Å². The largest absolute Gasteiger partial charge is 0.508 e. The van der Waals surface area contributed by atoms with Gasteiger partial charge in [-0.2, -0.15) is 0 Å². The molecule has 2 rings (SSSR count). The first-order valence-corrected chi connectivity index (χ1v) is 6.86. The third-order valence-corrected chi connectivity index (χ3v) is 3.98. The van der Waals surface area contributed by atoms with Crippen LogP contribution < -0.4 is 5.32 Å². The van der Waals surface area contributed by atoms with Crippen LogP contribution in [0.4, 0.5) is 0 Å². The molecule has 1 aliphatic heterocycles. The lowest BCUT2D eigenvalue weighted by molar-refractivity contribution is 0.199. The summed E-state index contributed by atoms with van der Waals surface area (Å²) in [5.74, 6) is 1.10. The molecule has 0 amide bonds. The second-order valence-corrected chi connectivity index (χ2v) is 5.42. The van der Waals surface area contributed by atoms with Crippen molar-refractivity contribution in [2.45, 2.75) is 25.8 Å². The van der Waals surface area contributed by atoms with Crippen LogP contribution in [0.2, 0.25) is 0 Å². The third kappa shape index (κ3) is 3.47. The van der Waals surface area contributed by atoms with E-state index < -0.39 is 0 Å². The quantitative estimate of drug-likeness (QED) is 0.859. The van der Waals surface area contributed by atoms with Crippen LogP contribution in [0.5, 0.6) is 5.75 Å². The van der Waals surface area contributed by atoms with Crippen molar-refractivity contribution in [2.24, 2.45) is 5.92 Å². The van der Waals surface area contributed by atoms with E-state index in [0.29, 0.717) is 11.8 Å². The molecule has 100 valence electrons. The molecule has 2 N–H and O–H groups in total. The molecule has 0 spiro atoms. The normalized spacial score (nSPS) is 22.1. The van der Waals surface area contributed by atoms with E-state index in [0.717, 1.165) is 19.0 Å². The number of piperidine rings is 1. The smallest absolute Gasteiger partial charge is 0.115 e. The SMILES string of the molecule is CC(c1ccc(O)cc1)N(C)CC1CCCNC1. The molecule has 1 aliphatic rings. The first kappa shape index (κ1) is 13.4. The van der Waals surface area contributed by atoms with Crippen molar-refractivity contribution in [1.82, 2.24) is 10.2 Å². The number of rotatable bonds is 4. The van der Waals surface area contributed by atoms with Crippen molar-refractivity contribution < 1.29 is 5.11 Å². The van der Waals surface area contributed by atoms with Crippen molar-refractivity contribution in [2.75, 3.05) is 26.7 Å².